The third kappa shape index (κ3) is 7.25. The molecule has 0 aliphatic heterocycles. The molecule has 1 saturated carbocycles. The van der Waals surface area contributed by atoms with Gasteiger partial charge in [0.15, 0.2) is 0 Å². The fraction of sp³-hybridized carbons (Fsp3) is 1.00. The number of ether oxygens (including phenoxy) is 2. The van der Waals surface area contributed by atoms with Crippen molar-refractivity contribution < 1.29 is 17.9 Å². The van der Waals surface area contributed by atoms with Crippen molar-refractivity contribution >= 4 is 10.0 Å². The molecular weight excluding hydrogens is 266 g/mol. The molecule has 1 aliphatic carbocycles. The predicted molar refractivity (Wildman–Crippen MR) is 75.4 cm³/mol. The molecule has 2 N–H and O–H groups in total. The summed E-state index contributed by atoms with van der Waals surface area (Å²) < 4.78 is 33.6. The van der Waals surface area contributed by atoms with Crippen molar-refractivity contribution in [3.05, 3.63) is 0 Å². The Balaban J connectivity index is 2.53. The summed E-state index contributed by atoms with van der Waals surface area (Å²) in [5.41, 5.74) is -0.281. The van der Waals surface area contributed by atoms with Crippen LogP contribution >= 0.6 is 0 Å². The number of methoxy groups -OCH3 is 1. The van der Waals surface area contributed by atoms with Gasteiger partial charge in [0.2, 0.25) is 10.0 Å². The first-order chi connectivity index (χ1) is 8.97. The van der Waals surface area contributed by atoms with E-state index in [2.05, 4.69) is 0 Å². The Labute approximate surface area is 116 Å². The summed E-state index contributed by atoms with van der Waals surface area (Å²) in [6.45, 7) is 1.77. The van der Waals surface area contributed by atoms with Gasteiger partial charge in [0.25, 0.3) is 0 Å². The normalized spacial score (nSPS) is 20.1. The van der Waals surface area contributed by atoms with Crippen molar-refractivity contribution in [2.24, 2.45) is 10.6 Å². The van der Waals surface area contributed by atoms with Gasteiger partial charge in [-0.25, -0.2) is 13.6 Å². The van der Waals surface area contributed by atoms with Crippen LogP contribution in [-0.4, -0.2) is 41.1 Å². The van der Waals surface area contributed by atoms with Gasteiger partial charge in [-0.15, -0.1) is 0 Å². The van der Waals surface area contributed by atoms with Gasteiger partial charge in [-0.05, 0) is 19.3 Å². The van der Waals surface area contributed by atoms with Crippen molar-refractivity contribution in [1.29, 1.82) is 0 Å². The molecule has 0 heterocycles. The molecule has 5 nitrogen and oxygen atoms in total. The van der Waals surface area contributed by atoms with E-state index in [0.29, 0.717) is 19.8 Å². The molecule has 0 saturated heterocycles. The molecule has 0 aromatic rings. The van der Waals surface area contributed by atoms with E-state index < -0.39 is 10.0 Å². The van der Waals surface area contributed by atoms with Gasteiger partial charge >= 0.3 is 0 Å². The molecule has 0 aromatic heterocycles. The zero-order valence-corrected chi connectivity index (χ0v) is 12.7. The lowest BCUT2D eigenvalue weighted by atomic mass is 9.83. The Hall–Kier alpha value is -0.170. The molecule has 114 valence electrons. The maximum Gasteiger partial charge on any atom is 0.209 e. The van der Waals surface area contributed by atoms with E-state index in [9.17, 15) is 8.42 Å². The van der Waals surface area contributed by atoms with Crippen LogP contribution in [0.1, 0.15) is 44.9 Å². The van der Waals surface area contributed by atoms with Gasteiger partial charge in [-0.3, -0.25) is 0 Å². The average Bonchev–Trinajstić information content (AvgIpc) is 2.53. The molecule has 19 heavy (non-hydrogen) atoms. The summed E-state index contributed by atoms with van der Waals surface area (Å²) in [7, 11) is -1.79. The Morgan fingerprint density at radius 2 is 1.74 bits per heavy atom. The minimum absolute atomic E-state index is 0.0459. The summed E-state index contributed by atoms with van der Waals surface area (Å²) in [4.78, 5) is 0. The van der Waals surface area contributed by atoms with Gasteiger partial charge in [-0.1, -0.05) is 25.7 Å². The van der Waals surface area contributed by atoms with Crippen LogP contribution in [0.4, 0.5) is 0 Å². The maximum atomic E-state index is 11.5. The van der Waals surface area contributed by atoms with Crippen molar-refractivity contribution in [3.63, 3.8) is 0 Å². The largest absolute Gasteiger partial charge is 0.385 e. The smallest absolute Gasteiger partial charge is 0.209 e. The Morgan fingerprint density at radius 1 is 1.11 bits per heavy atom. The van der Waals surface area contributed by atoms with Gasteiger partial charge in [0.1, 0.15) is 0 Å². The number of hydrogen-bond donors (Lipinski definition) is 1. The minimum atomic E-state index is -3.45. The lowest BCUT2D eigenvalue weighted by Crippen LogP contribution is -2.37. The van der Waals surface area contributed by atoms with Crippen molar-refractivity contribution in [2.45, 2.75) is 44.9 Å². The lowest BCUT2D eigenvalue weighted by Gasteiger charge is -2.31. The second kappa shape index (κ2) is 8.19. The number of sulfonamides is 1. The van der Waals surface area contributed by atoms with Crippen molar-refractivity contribution in [2.75, 3.05) is 32.7 Å². The lowest BCUT2D eigenvalue weighted by molar-refractivity contribution is 0.0354. The molecule has 0 spiro atoms. The monoisotopic (exact) mass is 293 g/mol. The van der Waals surface area contributed by atoms with Crippen molar-refractivity contribution in [1.82, 2.24) is 0 Å². The highest BCUT2D eigenvalue weighted by Crippen LogP contribution is 2.36. The molecule has 0 atom stereocenters. The Morgan fingerprint density at radius 3 is 2.26 bits per heavy atom. The fourth-order valence-corrected chi connectivity index (χ4v) is 4.06. The molecule has 0 radical (unpaired) electrons. The summed E-state index contributed by atoms with van der Waals surface area (Å²) in [5, 5.41) is 5.25. The molecule has 1 fully saturated rings. The van der Waals surface area contributed by atoms with E-state index in [1.807, 2.05) is 0 Å². The minimum Gasteiger partial charge on any atom is -0.385 e. The molecule has 0 aromatic carbocycles. The fourth-order valence-electron chi connectivity index (χ4n) is 2.83. The second-order valence-corrected chi connectivity index (χ2v) is 7.23. The molecule has 6 heteroatoms. The van der Waals surface area contributed by atoms with Gasteiger partial charge in [0, 0.05) is 25.7 Å². The molecule has 1 rings (SSSR count). The maximum absolute atomic E-state index is 11.5. The number of rotatable bonds is 8. The molecule has 0 unspecified atom stereocenters. The zero-order valence-electron chi connectivity index (χ0n) is 11.9. The van der Waals surface area contributed by atoms with Crippen LogP contribution in [0.3, 0.4) is 0 Å². The highest BCUT2D eigenvalue weighted by molar-refractivity contribution is 7.89. The standard InChI is InChI=1S/C13H27NO4S/c1-17-9-6-10-18-11-13(12-19(14,15)16)7-4-2-3-5-8-13/h2-12H2,1H3,(H2,14,15,16). The van der Waals surface area contributed by atoms with Crippen LogP contribution in [0.5, 0.6) is 0 Å². The molecule has 1 aliphatic rings. The van der Waals surface area contributed by atoms with E-state index in [4.69, 9.17) is 14.6 Å². The van der Waals surface area contributed by atoms with Gasteiger partial charge < -0.3 is 9.47 Å². The van der Waals surface area contributed by atoms with Crippen LogP contribution in [0, 0.1) is 5.41 Å². The Kier molecular flexibility index (Phi) is 7.28. The summed E-state index contributed by atoms with van der Waals surface area (Å²) >= 11 is 0. The predicted octanol–water partition coefficient (Wildman–Crippen LogP) is 1.67. The number of nitrogens with two attached hydrogens (primary N) is 1. The van der Waals surface area contributed by atoms with E-state index in [1.54, 1.807) is 7.11 Å². The molecule has 0 bridgehead atoms. The van der Waals surface area contributed by atoms with Crippen LogP contribution in [0.15, 0.2) is 0 Å². The summed E-state index contributed by atoms with van der Waals surface area (Å²) in [5.74, 6) is 0.0459. The van der Waals surface area contributed by atoms with E-state index in [-0.39, 0.29) is 11.2 Å². The van der Waals surface area contributed by atoms with Gasteiger partial charge in [-0.2, -0.15) is 0 Å². The first-order valence-corrected chi connectivity index (χ1v) is 8.76. The van der Waals surface area contributed by atoms with Crippen LogP contribution < -0.4 is 5.14 Å². The SMILES string of the molecule is COCCCOCC1(CS(N)(=O)=O)CCCCCC1. The quantitative estimate of drug-likeness (QED) is 0.545. The number of hydrogen-bond acceptors (Lipinski definition) is 4. The van der Waals surface area contributed by atoms with Crippen LogP contribution in [-0.2, 0) is 19.5 Å². The van der Waals surface area contributed by atoms with E-state index in [0.717, 1.165) is 32.1 Å². The van der Waals surface area contributed by atoms with Gasteiger partial charge in [0.05, 0.1) is 12.4 Å². The Bertz CT molecular complexity index is 335. The highest BCUT2D eigenvalue weighted by atomic mass is 32.2. The summed E-state index contributed by atoms with van der Waals surface area (Å²) in [6, 6.07) is 0. The average molecular weight is 293 g/mol. The van der Waals surface area contributed by atoms with E-state index in [1.165, 1.54) is 12.8 Å². The molecule has 0 amide bonds. The summed E-state index contributed by atoms with van der Waals surface area (Å²) in [6.07, 6.45) is 7.11. The number of primary sulfonamides is 1. The zero-order chi connectivity index (χ0) is 14.2. The first-order valence-electron chi connectivity index (χ1n) is 7.05. The topological polar surface area (TPSA) is 78.6 Å². The third-order valence-electron chi connectivity index (χ3n) is 3.72. The molecular formula is C13H27NO4S. The third-order valence-corrected chi connectivity index (χ3v) is 4.73. The highest BCUT2D eigenvalue weighted by Gasteiger charge is 2.35. The first kappa shape index (κ1) is 16.9. The van der Waals surface area contributed by atoms with Crippen molar-refractivity contribution in [3.8, 4) is 0 Å². The van der Waals surface area contributed by atoms with Crippen LogP contribution in [0.25, 0.3) is 0 Å². The second-order valence-electron chi connectivity index (χ2n) is 5.62. The van der Waals surface area contributed by atoms with E-state index >= 15 is 0 Å². The van der Waals surface area contributed by atoms with Crippen LogP contribution in [0.2, 0.25) is 0 Å².